The van der Waals surface area contributed by atoms with Gasteiger partial charge in [0.15, 0.2) is 0 Å². The van der Waals surface area contributed by atoms with Gasteiger partial charge in [-0.3, -0.25) is 0 Å². The molecule has 0 aromatic rings. The maximum absolute atomic E-state index is 11.8. The fraction of sp³-hybridized carbons (Fsp3) is 0.769. The molecule has 17 heavy (non-hydrogen) atoms. The van der Waals surface area contributed by atoms with E-state index in [9.17, 15) is 9.90 Å². The van der Waals surface area contributed by atoms with Crippen molar-refractivity contribution in [2.45, 2.75) is 37.7 Å². The third kappa shape index (κ3) is 2.63. The molecule has 1 heterocycles. The summed E-state index contributed by atoms with van der Waals surface area (Å²) >= 11 is 0. The Kier molecular flexibility index (Phi) is 3.72. The summed E-state index contributed by atoms with van der Waals surface area (Å²) in [6.07, 6.45) is 6.64. The predicted molar refractivity (Wildman–Crippen MR) is 66.7 cm³/mol. The highest BCUT2D eigenvalue weighted by Gasteiger charge is 2.43. The van der Waals surface area contributed by atoms with Crippen LogP contribution in [0.2, 0.25) is 0 Å². The lowest BCUT2D eigenvalue weighted by molar-refractivity contribution is -0.0870. The molecule has 4 heteroatoms. The number of hydrogen-bond donors (Lipinski definition) is 2. The number of nitrogens with zero attached hydrogens (tertiary/aromatic N) is 1. The number of carbonyl (C=O) groups excluding carboxylic acids is 1. The highest BCUT2D eigenvalue weighted by atomic mass is 16.3. The van der Waals surface area contributed by atoms with E-state index in [1.807, 2.05) is 4.90 Å². The molecule has 2 aliphatic rings. The zero-order valence-corrected chi connectivity index (χ0v) is 10.3. The van der Waals surface area contributed by atoms with Crippen molar-refractivity contribution in [2.24, 2.45) is 5.92 Å². The number of likely N-dealkylation sites (tertiary alicyclic amines) is 1. The van der Waals surface area contributed by atoms with E-state index in [2.05, 4.69) is 11.9 Å². The van der Waals surface area contributed by atoms with Crippen LogP contribution in [0, 0.1) is 5.92 Å². The molecule has 2 amide bonds. The molecule has 0 aromatic heterocycles. The van der Waals surface area contributed by atoms with Crippen LogP contribution in [0.5, 0.6) is 0 Å². The van der Waals surface area contributed by atoms with Crippen LogP contribution in [0.25, 0.3) is 0 Å². The monoisotopic (exact) mass is 238 g/mol. The van der Waals surface area contributed by atoms with E-state index in [-0.39, 0.29) is 11.9 Å². The topological polar surface area (TPSA) is 52.6 Å². The Hall–Kier alpha value is -1.03. The van der Waals surface area contributed by atoms with E-state index in [4.69, 9.17) is 0 Å². The van der Waals surface area contributed by atoms with Gasteiger partial charge in [0.2, 0.25) is 0 Å². The van der Waals surface area contributed by atoms with Crippen molar-refractivity contribution in [1.82, 2.24) is 10.2 Å². The van der Waals surface area contributed by atoms with E-state index >= 15 is 0 Å². The van der Waals surface area contributed by atoms with Crippen LogP contribution in [0.1, 0.15) is 32.1 Å². The number of amides is 2. The smallest absolute Gasteiger partial charge is 0.317 e. The number of rotatable bonds is 2. The van der Waals surface area contributed by atoms with Crippen LogP contribution in [0.4, 0.5) is 4.79 Å². The van der Waals surface area contributed by atoms with Gasteiger partial charge in [-0.15, -0.1) is 6.58 Å². The minimum absolute atomic E-state index is 0.0301. The molecule has 2 atom stereocenters. The quantitative estimate of drug-likeness (QED) is 0.716. The minimum atomic E-state index is -0.506. The molecule has 1 aliphatic heterocycles. The largest absolute Gasteiger partial charge is 0.389 e. The number of nitrogens with one attached hydrogen (secondary N) is 1. The van der Waals surface area contributed by atoms with Gasteiger partial charge in [0.1, 0.15) is 0 Å². The SMILES string of the molecule is C=CCNC(=O)N1CC[C@]2(O)CCCC[C@H]2C1. The molecule has 0 unspecified atom stereocenters. The van der Waals surface area contributed by atoms with Crippen molar-refractivity contribution in [3.8, 4) is 0 Å². The Labute approximate surface area is 103 Å². The molecule has 0 aromatic carbocycles. The molecule has 0 bridgehead atoms. The number of fused-ring (bicyclic) bond motifs is 1. The van der Waals surface area contributed by atoms with Crippen molar-refractivity contribution in [3.63, 3.8) is 0 Å². The van der Waals surface area contributed by atoms with Crippen molar-refractivity contribution >= 4 is 6.03 Å². The number of piperidine rings is 1. The van der Waals surface area contributed by atoms with Crippen LogP contribution in [-0.4, -0.2) is 41.3 Å². The first-order chi connectivity index (χ1) is 8.15. The average molecular weight is 238 g/mol. The van der Waals surface area contributed by atoms with Gasteiger partial charge >= 0.3 is 6.03 Å². The lowest BCUT2D eigenvalue weighted by Crippen LogP contribution is -2.56. The Morgan fingerprint density at radius 1 is 1.53 bits per heavy atom. The van der Waals surface area contributed by atoms with Gasteiger partial charge in [-0.2, -0.15) is 0 Å². The van der Waals surface area contributed by atoms with Crippen LogP contribution in [-0.2, 0) is 0 Å². The zero-order valence-electron chi connectivity index (χ0n) is 10.3. The van der Waals surface area contributed by atoms with Crippen LogP contribution < -0.4 is 5.32 Å². The molecule has 0 spiro atoms. The molecule has 1 aliphatic carbocycles. The van der Waals surface area contributed by atoms with Gasteiger partial charge < -0.3 is 15.3 Å². The van der Waals surface area contributed by atoms with E-state index in [0.29, 0.717) is 19.6 Å². The molecule has 1 saturated heterocycles. The van der Waals surface area contributed by atoms with Crippen molar-refractivity contribution in [2.75, 3.05) is 19.6 Å². The second kappa shape index (κ2) is 5.08. The maximum Gasteiger partial charge on any atom is 0.317 e. The first kappa shape index (κ1) is 12.4. The minimum Gasteiger partial charge on any atom is -0.389 e. The number of hydrogen-bond acceptors (Lipinski definition) is 2. The Morgan fingerprint density at radius 3 is 3.12 bits per heavy atom. The fourth-order valence-electron chi connectivity index (χ4n) is 3.03. The van der Waals surface area contributed by atoms with Crippen molar-refractivity contribution < 1.29 is 9.90 Å². The first-order valence-electron chi connectivity index (χ1n) is 6.52. The third-order valence-electron chi connectivity index (χ3n) is 4.11. The van der Waals surface area contributed by atoms with E-state index < -0.39 is 5.60 Å². The van der Waals surface area contributed by atoms with Crippen LogP contribution in [0.15, 0.2) is 12.7 Å². The summed E-state index contributed by atoms with van der Waals surface area (Å²) in [5.41, 5.74) is -0.506. The lowest BCUT2D eigenvalue weighted by atomic mass is 9.71. The van der Waals surface area contributed by atoms with Crippen LogP contribution >= 0.6 is 0 Å². The molecule has 2 rings (SSSR count). The Balaban J connectivity index is 1.92. The molecule has 4 nitrogen and oxygen atoms in total. The van der Waals surface area contributed by atoms with Gasteiger partial charge in [0, 0.05) is 25.6 Å². The summed E-state index contributed by atoms with van der Waals surface area (Å²) in [6.45, 7) is 5.44. The zero-order chi connectivity index (χ0) is 12.3. The average Bonchev–Trinajstić information content (AvgIpc) is 2.34. The predicted octanol–water partition coefficient (Wildman–Crippen LogP) is 1.51. The molecule has 1 saturated carbocycles. The number of aliphatic hydroxyl groups is 1. The molecular formula is C13H22N2O2. The molecular weight excluding hydrogens is 216 g/mol. The second-order valence-electron chi connectivity index (χ2n) is 5.22. The molecule has 2 fully saturated rings. The van der Waals surface area contributed by atoms with E-state index in [1.165, 1.54) is 6.42 Å². The lowest BCUT2D eigenvalue weighted by Gasteiger charge is -2.47. The summed E-state index contributed by atoms with van der Waals surface area (Å²) < 4.78 is 0. The first-order valence-corrected chi connectivity index (χ1v) is 6.52. The maximum atomic E-state index is 11.8. The Bertz CT molecular complexity index is 306. The van der Waals surface area contributed by atoms with Crippen molar-refractivity contribution in [1.29, 1.82) is 0 Å². The summed E-state index contributed by atoms with van der Waals surface area (Å²) in [5.74, 6) is 0.263. The highest BCUT2D eigenvalue weighted by molar-refractivity contribution is 5.74. The highest BCUT2D eigenvalue weighted by Crippen LogP contribution is 2.39. The van der Waals surface area contributed by atoms with Gasteiger partial charge in [0.25, 0.3) is 0 Å². The molecule has 0 radical (unpaired) electrons. The number of carbonyl (C=O) groups is 1. The molecule has 96 valence electrons. The number of urea groups is 1. The van der Waals surface area contributed by atoms with Crippen LogP contribution in [0.3, 0.4) is 0 Å². The Morgan fingerprint density at radius 2 is 2.35 bits per heavy atom. The van der Waals surface area contributed by atoms with Gasteiger partial charge in [-0.25, -0.2) is 4.79 Å². The van der Waals surface area contributed by atoms with Gasteiger partial charge in [-0.1, -0.05) is 18.9 Å². The molecule has 2 N–H and O–H groups in total. The van der Waals surface area contributed by atoms with Gasteiger partial charge in [0.05, 0.1) is 5.60 Å². The standard InChI is InChI=1S/C13H22N2O2/c1-2-8-14-12(16)15-9-7-13(17)6-4-3-5-11(13)10-15/h2,11,17H,1,3-10H2,(H,14,16)/t11-,13+/m0/s1. The third-order valence-corrected chi connectivity index (χ3v) is 4.11. The van der Waals surface area contributed by atoms with Crippen molar-refractivity contribution in [3.05, 3.63) is 12.7 Å². The normalized spacial score (nSPS) is 32.8. The van der Waals surface area contributed by atoms with E-state index in [0.717, 1.165) is 25.7 Å². The summed E-state index contributed by atoms with van der Waals surface area (Å²) in [4.78, 5) is 13.6. The summed E-state index contributed by atoms with van der Waals surface area (Å²) in [6, 6.07) is -0.0301. The second-order valence-corrected chi connectivity index (χ2v) is 5.22. The fourth-order valence-corrected chi connectivity index (χ4v) is 3.03. The summed E-state index contributed by atoms with van der Waals surface area (Å²) in [7, 11) is 0. The van der Waals surface area contributed by atoms with E-state index in [1.54, 1.807) is 6.08 Å². The summed E-state index contributed by atoms with van der Waals surface area (Å²) in [5, 5.41) is 13.3. The van der Waals surface area contributed by atoms with Gasteiger partial charge in [-0.05, 0) is 19.3 Å².